The topological polar surface area (TPSA) is 26.8 Å². The molecule has 0 spiro atoms. The minimum Gasteiger partial charge on any atom is -0.368 e. The summed E-state index contributed by atoms with van der Waals surface area (Å²) in [6.07, 6.45) is 0.303. The van der Waals surface area contributed by atoms with Crippen molar-refractivity contribution in [2.24, 2.45) is 5.92 Å². The lowest BCUT2D eigenvalue weighted by atomic mass is 9.96. The first-order valence-corrected chi connectivity index (χ1v) is 10.9. The van der Waals surface area contributed by atoms with E-state index in [2.05, 4.69) is 9.80 Å². The van der Waals surface area contributed by atoms with E-state index >= 15 is 0 Å². The van der Waals surface area contributed by atoms with Gasteiger partial charge in [-0.25, -0.2) is 0 Å². The van der Waals surface area contributed by atoms with Crippen LogP contribution in [0, 0.1) is 5.92 Å². The number of carbonyl (C=O) groups excluding carboxylic acids is 1. The van der Waals surface area contributed by atoms with E-state index in [0.717, 1.165) is 43.8 Å². The van der Waals surface area contributed by atoms with E-state index in [1.54, 1.807) is 0 Å². The van der Waals surface area contributed by atoms with E-state index in [-0.39, 0.29) is 11.8 Å². The lowest BCUT2D eigenvalue weighted by molar-refractivity contribution is -0.138. The maximum atomic E-state index is 12.9. The molecule has 1 aliphatic carbocycles. The number of piperazine rings is 1. The molecule has 0 radical (unpaired) electrons. The summed E-state index contributed by atoms with van der Waals surface area (Å²) in [6, 6.07) is 6.00. The Morgan fingerprint density at radius 3 is 2.10 bits per heavy atom. The maximum Gasteiger partial charge on any atom is 0.416 e. The molecule has 1 aromatic rings. The highest BCUT2D eigenvalue weighted by Crippen LogP contribution is 2.32. The number of alkyl halides is 3. The van der Waals surface area contributed by atoms with Crippen LogP contribution in [0.15, 0.2) is 24.3 Å². The Labute approximate surface area is 171 Å². The largest absolute Gasteiger partial charge is 0.416 e. The summed E-state index contributed by atoms with van der Waals surface area (Å²) in [5.41, 5.74) is 0.158. The average molecular weight is 412 g/mol. The Hall–Kier alpha value is -1.76. The Kier molecular flexibility index (Phi) is 7.09. The summed E-state index contributed by atoms with van der Waals surface area (Å²) < 4.78 is 38.1. The summed E-state index contributed by atoms with van der Waals surface area (Å²) in [4.78, 5) is 19.4. The highest BCUT2D eigenvalue weighted by molar-refractivity contribution is 5.79. The quantitative estimate of drug-likeness (QED) is 0.744. The van der Waals surface area contributed by atoms with E-state index < -0.39 is 11.7 Å². The lowest BCUT2D eigenvalue weighted by Gasteiger charge is -2.39. The molecule has 7 heteroatoms. The number of hydrogen-bond acceptors (Lipinski definition) is 3. The third-order valence-electron chi connectivity index (χ3n) is 6.02. The van der Waals surface area contributed by atoms with E-state index in [1.165, 1.54) is 25.0 Å². The number of halogens is 3. The average Bonchev–Trinajstić information content (AvgIpc) is 3.60. The predicted octanol–water partition coefficient (Wildman–Crippen LogP) is 4.25. The van der Waals surface area contributed by atoms with Gasteiger partial charge in [0.2, 0.25) is 5.91 Å². The number of rotatable bonds is 3. The van der Waals surface area contributed by atoms with Crippen LogP contribution in [-0.4, -0.2) is 61.0 Å². The fourth-order valence-electron chi connectivity index (χ4n) is 4.28. The zero-order chi connectivity index (χ0) is 21.0. The van der Waals surface area contributed by atoms with Gasteiger partial charge in [-0.05, 0) is 56.5 Å². The second kappa shape index (κ2) is 9.37. The van der Waals surface area contributed by atoms with Crippen molar-refractivity contribution in [2.45, 2.75) is 51.7 Å². The number of amides is 1. The Bertz CT molecular complexity index is 665. The van der Waals surface area contributed by atoms with Gasteiger partial charge in [-0.2, -0.15) is 13.2 Å². The fraction of sp³-hybridized carbons (Fsp3) is 0.682. The van der Waals surface area contributed by atoms with E-state index in [4.69, 9.17) is 0 Å². The monoisotopic (exact) mass is 411 g/mol. The molecule has 3 fully saturated rings. The third kappa shape index (κ3) is 5.44. The number of anilines is 1. The van der Waals surface area contributed by atoms with Gasteiger partial charge in [-0.1, -0.05) is 13.8 Å². The standard InChI is InChI=1S/C20H26F3N3O.C2H6/c21-20(22,23)16-3-5-17(6-4-16)24-10-12-25(13-11-24)19(27)15-2-1-9-26(14-15)18-7-8-18;1-2/h3-6,15,18H,1-2,7-14H2;1-2H3. The number of carbonyl (C=O) groups is 1. The summed E-state index contributed by atoms with van der Waals surface area (Å²) in [6.45, 7) is 8.62. The van der Waals surface area contributed by atoms with Crippen LogP contribution in [-0.2, 0) is 11.0 Å². The lowest BCUT2D eigenvalue weighted by Crippen LogP contribution is -2.52. The molecule has 4 nitrogen and oxygen atoms in total. The van der Waals surface area contributed by atoms with Crippen LogP contribution in [0.25, 0.3) is 0 Å². The molecule has 2 heterocycles. The van der Waals surface area contributed by atoms with Gasteiger partial charge in [0.1, 0.15) is 0 Å². The first-order valence-electron chi connectivity index (χ1n) is 10.9. The van der Waals surface area contributed by atoms with Gasteiger partial charge in [0.25, 0.3) is 0 Å². The molecule has 1 amide bonds. The van der Waals surface area contributed by atoms with Gasteiger partial charge >= 0.3 is 6.18 Å². The molecule has 2 aliphatic heterocycles. The van der Waals surface area contributed by atoms with Gasteiger partial charge in [-0.15, -0.1) is 0 Å². The zero-order valence-electron chi connectivity index (χ0n) is 17.4. The SMILES string of the molecule is CC.O=C(C1CCCN(C2CC2)C1)N1CCN(c2ccc(C(F)(F)F)cc2)CC1. The van der Waals surface area contributed by atoms with Crippen LogP contribution in [0.5, 0.6) is 0 Å². The van der Waals surface area contributed by atoms with E-state index in [1.807, 2.05) is 18.7 Å². The van der Waals surface area contributed by atoms with Crippen molar-refractivity contribution in [2.75, 3.05) is 44.2 Å². The van der Waals surface area contributed by atoms with Crippen LogP contribution >= 0.6 is 0 Å². The molecule has 1 saturated carbocycles. The Morgan fingerprint density at radius 2 is 1.55 bits per heavy atom. The molecule has 0 aromatic heterocycles. The number of nitrogens with zero attached hydrogens (tertiary/aromatic N) is 3. The number of benzene rings is 1. The molecule has 29 heavy (non-hydrogen) atoms. The van der Waals surface area contributed by atoms with Crippen molar-refractivity contribution in [3.8, 4) is 0 Å². The molecule has 0 bridgehead atoms. The second-order valence-corrected chi connectivity index (χ2v) is 7.92. The van der Waals surface area contributed by atoms with Crippen LogP contribution in [0.4, 0.5) is 18.9 Å². The summed E-state index contributed by atoms with van der Waals surface area (Å²) >= 11 is 0. The summed E-state index contributed by atoms with van der Waals surface area (Å²) in [5, 5.41) is 0. The predicted molar refractivity (Wildman–Crippen MR) is 109 cm³/mol. The smallest absolute Gasteiger partial charge is 0.368 e. The first-order chi connectivity index (χ1) is 13.9. The zero-order valence-corrected chi connectivity index (χ0v) is 17.4. The summed E-state index contributed by atoms with van der Waals surface area (Å²) in [7, 11) is 0. The van der Waals surface area contributed by atoms with Gasteiger partial charge in [0.15, 0.2) is 0 Å². The molecule has 0 N–H and O–H groups in total. The van der Waals surface area contributed by atoms with Crippen LogP contribution in [0.3, 0.4) is 0 Å². The van der Waals surface area contributed by atoms with Crippen LogP contribution < -0.4 is 4.90 Å². The minimum atomic E-state index is -4.31. The van der Waals surface area contributed by atoms with E-state index in [0.29, 0.717) is 32.2 Å². The van der Waals surface area contributed by atoms with Gasteiger partial charge in [-0.3, -0.25) is 9.69 Å². The minimum absolute atomic E-state index is 0.108. The maximum absolute atomic E-state index is 12.9. The Balaban J connectivity index is 0.00000117. The molecular weight excluding hydrogens is 379 g/mol. The van der Waals surface area contributed by atoms with Crippen molar-refractivity contribution in [1.82, 2.24) is 9.80 Å². The van der Waals surface area contributed by atoms with Crippen molar-refractivity contribution in [3.05, 3.63) is 29.8 Å². The normalized spacial score (nSPS) is 23.4. The van der Waals surface area contributed by atoms with Crippen molar-refractivity contribution >= 4 is 11.6 Å². The number of likely N-dealkylation sites (tertiary alicyclic amines) is 1. The fourth-order valence-corrected chi connectivity index (χ4v) is 4.28. The van der Waals surface area contributed by atoms with Crippen molar-refractivity contribution in [1.29, 1.82) is 0 Å². The Morgan fingerprint density at radius 1 is 0.931 bits per heavy atom. The number of hydrogen-bond donors (Lipinski definition) is 0. The van der Waals surface area contributed by atoms with Crippen molar-refractivity contribution < 1.29 is 18.0 Å². The molecule has 1 unspecified atom stereocenters. The summed E-state index contributed by atoms with van der Waals surface area (Å²) in [5.74, 6) is 0.365. The molecular formula is C22H32F3N3O. The molecule has 2 saturated heterocycles. The number of piperidine rings is 1. The molecule has 1 aromatic carbocycles. The van der Waals surface area contributed by atoms with E-state index in [9.17, 15) is 18.0 Å². The molecule has 3 aliphatic rings. The van der Waals surface area contributed by atoms with Gasteiger partial charge in [0, 0.05) is 44.5 Å². The highest BCUT2D eigenvalue weighted by atomic mass is 19.4. The molecule has 162 valence electrons. The van der Waals surface area contributed by atoms with Crippen LogP contribution in [0.2, 0.25) is 0 Å². The highest BCUT2D eigenvalue weighted by Gasteiger charge is 2.36. The molecule has 4 rings (SSSR count). The second-order valence-electron chi connectivity index (χ2n) is 7.92. The van der Waals surface area contributed by atoms with Crippen molar-refractivity contribution in [3.63, 3.8) is 0 Å². The van der Waals surface area contributed by atoms with Gasteiger partial charge in [0.05, 0.1) is 11.5 Å². The molecule has 1 atom stereocenters. The first kappa shape index (κ1) is 21.9. The van der Waals surface area contributed by atoms with Crippen LogP contribution in [0.1, 0.15) is 45.1 Å². The van der Waals surface area contributed by atoms with Gasteiger partial charge < -0.3 is 9.80 Å². The third-order valence-corrected chi connectivity index (χ3v) is 6.02.